The minimum atomic E-state index is -6.88. The van der Waals surface area contributed by atoms with Crippen LogP contribution in [0, 0.1) is 0 Å². The molecule has 0 aliphatic heterocycles. The van der Waals surface area contributed by atoms with E-state index in [9.17, 15) is 57.6 Å². The fourth-order valence-electron chi connectivity index (χ4n) is 2.01. The summed E-state index contributed by atoms with van der Waals surface area (Å²) in [4.78, 5) is 34.2. The number of ether oxygens (including phenoxy) is 3. The number of hydrogen-bond donors (Lipinski definition) is 0. The third-order valence-electron chi connectivity index (χ3n) is 3.66. The van der Waals surface area contributed by atoms with Gasteiger partial charge in [0.2, 0.25) is 0 Å². The first kappa shape index (κ1) is 31.6. The summed E-state index contributed by atoms with van der Waals surface area (Å²) in [6.07, 6.45) is -5.39. The van der Waals surface area contributed by atoms with E-state index in [2.05, 4.69) is 20.8 Å². The maximum absolute atomic E-state index is 12.7. The molecule has 0 radical (unpaired) electrons. The van der Waals surface area contributed by atoms with Crippen LogP contribution in [0.4, 0.5) is 26.3 Å². The standard InChI is InChI=1S/C16H20F6O10S2/c1-9(2)14(25)31-7-6-30-11(23)4-5-12(24)32-10(3)8-13(33(26,27)15(17,18)19)34(28,29)16(20,21)22/h10,13H,1,4-8H2,2-3H3. The lowest BCUT2D eigenvalue weighted by Gasteiger charge is -2.23. The van der Waals surface area contributed by atoms with Gasteiger partial charge >= 0.3 is 28.9 Å². The summed E-state index contributed by atoms with van der Waals surface area (Å²) in [6.45, 7) is 4.57. The Balaban J connectivity index is 5.02. The smallest absolute Gasteiger partial charge is 0.463 e. The second-order valence-electron chi connectivity index (χ2n) is 6.58. The molecule has 0 saturated heterocycles. The Kier molecular flexibility index (Phi) is 11.0. The number of alkyl halides is 6. The van der Waals surface area contributed by atoms with Gasteiger partial charge in [0, 0.05) is 12.0 Å². The number of carbonyl (C=O) groups is 3. The number of halogens is 6. The normalized spacial score (nSPS) is 13.8. The zero-order valence-electron chi connectivity index (χ0n) is 17.6. The van der Waals surface area contributed by atoms with Crippen LogP contribution in [-0.4, -0.2) is 69.7 Å². The number of carbonyl (C=O) groups excluding carboxylic acids is 3. The van der Waals surface area contributed by atoms with Crippen molar-refractivity contribution in [1.29, 1.82) is 0 Å². The fourth-order valence-corrected chi connectivity index (χ4v) is 5.64. The predicted octanol–water partition coefficient (Wildman–Crippen LogP) is 1.95. The highest BCUT2D eigenvalue weighted by Crippen LogP contribution is 2.38. The highest BCUT2D eigenvalue weighted by Gasteiger charge is 2.63. The van der Waals surface area contributed by atoms with Gasteiger partial charge in [0.05, 0.1) is 12.8 Å². The first-order chi connectivity index (χ1) is 15.1. The fraction of sp³-hybridized carbons (Fsp3) is 0.688. The minimum absolute atomic E-state index is 0.0801. The van der Waals surface area contributed by atoms with E-state index in [-0.39, 0.29) is 12.2 Å². The maximum Gasteiger partial charge on any atom is 0.498 e. The van der Waals surface area contributed by atoms with Crippen molar-refractivity contribution in [3.05, 3.63) is 12.2 Å². The topological polar surface area (TPSA) is 147 Å². The van der Waals surface area contributed by atoms with Gasteiger partial charge in [-0.2, -0.15) is 26.3 Å². The second kappa shape index (κ2) is 11.9. The number of rotatable bonds is 12. The lowest BCUT2D eigenvalue weighted by atomic mass is 10.3. The van der Waals surface area contributed by atoms with Crippen molar-refractivity contribution < 1.29 is 71.8 Å². The van der Waals surface area contributed by atoms with Gasteiger partial charge in [0.1, 0.15) is 19.3 Å². The summed E-state index contributed by atoms with van der Waals surface area (Å²) in [7, 11) is -13.8. The Bertz CT molecular complexity index is 939. The number of esters is 3. The highest BCUT2D eigenvalue weighted by molar-refractivity contribution is 8.09. The molecule has 0 saturated carbocycles. The van der Waals surface area contributed by atoms with E-state index in [0.29, 0.717) is 6.92 Å². The molecule has 1 atom stereocenters. The molecule has 10 nitrogen and oxygen atoms in total. The molecule has 18 heteroatoms. The molecule has 0 amide bonds. The molecule has 1 unspecified atom stereocenters. The summed E-state index contributed by atoms with van der Waals surface area (Å²) < 4.78 is 132. The molecular formula is C16H20F6O10S2. The second-order valence-corrected chi connectivity index (χ2v) is 11.1. The van der Waals surface area contributed by atoms with E-state index in [1.54, 1.807) is 0 Å². The van der Waals surface area contributed by atoms with Gasteiger partial charge in [-0.25, -0.2) is 21.6 Å². The summed E-state index contributed by atoms with van der Waals surface area (Å²) in [6, 6.07) is 0. The molecule has 0 fully saturated rings. The van der Waals surface area contributed by atoms with Crippen molar-refractivity contribution in [3.63, 3.8) is 0 Å². The average Bonchev–Trinajstić information content (AvgIpc) is 2.65. The predicted molar refractivity (Wildman–Crippen MR) is 99.9 cm³/mol. The summed E-state index contributed by atoms with van der Waals surface area (Å²) in [5.41, 5.74) is -12.6. The van der Waals surface area contributed by atoms with Crippen LogP contribution in [-0.2, 0) is 48.3 Å². The van der Waals surface area contributed by atoms with E-state index < -0.39 is 85.2 Å². The molecule has 198 valence electrons. The SMILES string of the molecule is C=C(C)C(=O)OCCOC(=O)CCC(=O)OC(C)CC(S(=O)(=O)C(F)(F)F)S(=O)(=O)C(F)(F)F. The van der Waals surface area contributed by atoms with Gasteiger partial charge in [0.15, 0.2) is 4.58 Å². The lowest BCUT2D eigenvalue weighted by Crippen LogP contribution is -2.46. The molecule has 34 heavy (non-hydrogen) atoms. The van der Waals surface area contributed by atoms with Gasteiger partial charge in [0.25, 0.3) is 19.7 Å². The summed E-state index contributed by atoms with van der Waals surface area (Å²) >= 11 is 0. The van der Waals surface area contributed by atoms with Gasteiger partial charge in [-0.3, -0.25) is 9.59 Å². The molecule has 0 bridgehead atoms. The van der Waals surface area contributed by atoms with Crippen LogP contribution in [0.5, 0.6) is 0 Å². The van der Waals surface area contributed by atoms with Crippen LogP contribution in [0.2, 0.25) is 0 Å². The van der Waals surface area contributed by atoms with E-state index >= 15 is 0 Å². The molecule has 0 aromatic rings. The van der Waals surface area contributed by atoms with Crippen LogP contribution in [0.25, 0.3) is 0 Å². The molecule has 0 aromatic carbocycles. The Morgan fingerprint density at radius 1 is 0.824 bits per heavy atom. The third-order valence-corrected chi connectivity index (χ3v) is 8.24. The van der Waals surface area contributed by atoms with Crippen molar-refractivity contribution in [1.82, 2.24) is 0 Å². The molecule has 0 heterocycles. The molecule has 0 aliphatic rings. The molecule has 0 aliphatic carbocycles. The van der Waals surface area contributed by atoms with Crippen LogP contribution < -0.4 is 0 Å². The van der Waals surface area contributed by atoms with Gasteiger partial charge in [-0.05, 0) is 13.8 Å². The monoisotopic (exact) mass is 550 g/mol. The van der Waals surface area contributed by atoms with Crippen molar-refractivity contribution in [3.8, 4) is 0 Å². The number of sulfone groups is 2. The number of hydrogen-bond acceptors (Lipinski definition) is 10. The van der Waals surface area contributed by atoms with Crippen LogP contribution in [0.15, 0.2) is 12.2 Å². The van der Waals surface area contributed by atoms with Crippen LogP contribution in [0.1, 0.15) is 33.1 Å². The summed E-state index contributed by atoms with van der Waals surface area (Å²) in [5, 5.41) is 0. The third kappa shape index (κ3) is 9.11. The highest BCUT2D eigenvalue weighted by atomic mass is 32.3. The van der Waals surface area contributed by atoms with Crippen LogP contribution >= 0.6 is 0 Å². The Morgan fingerprint density at radius 2 is 1.24 bits per heavy atom. The van der Waals surface area contributed by atoms with Gasteiger partial charge in [-0.1, -0.05) is 6.58 Å². The van der Waals surface area contributed by atoms with Crippen LogP contribution in [0.3, 0.4) is 0 Å². The van der Waals surface area contributed by atoms with Crippen molar-refractivity contribution in [2.45, 2.75) is 54.8 Å². The lowest BCUT2D eigenvalue weighted by molar-refractivity contribution is -0.154. The first-order valence-corrected chi connectivity index (χ1v) is 12.0. The van der Waals surface area contributed by atoms with Crippen molar-refractivity contribution in [2.75, 3.05) is 13.2 Å². The molecule has 0 N–H and O–H groups in total. The first-order valence-electron chi connectivity index (χ1n) is 8.92. The largest absolute Gasteiger partial charge is 0.498 e. The Hall–Kier alpha value is -2.37. The van der Waals surface area contributed by atoms with Crippen molar-refractivity contribution in [2.24, 2.45) is 0 Å². The molecule has 0 rings (SSSR count). The van der Waals surface area contributed by atoms with Crippen molar-refractivity contribution >= 4 is 37.6 Å². The van der Waals surface area contributed by atoms with E-state index in [4.69, 9.17) is 0 Å². The quantitative estimate of drug-likeness (QED) is 0.116. The molecular weight excluding hydrogens is 530 g/mol. The van der Waals surface area contributed by atoms with Gasteiger partial charge in [-0.15, -0.1) is 0 Å². The summed E-state index contributed by atoms with van der Waals surface area (Å²) in [5.74, 6) is -3.15. The van der Waals surface area contributed by atoms with E-state index in [1.807, 2.05) is 0 Å². The molecule has 0 spiro atoms. The van der Waals surface area contributed by atoms with E-state index in [0.717, 1.165) is 0 Å². The maximum atomic E-state index is 12.7. The zero-order chi connectivity index (χ0) is 27.1. The Morgan fingerprint density at radius 3 is 1.65 bits per heavy atom. The van der Waals surface area contributed by atoms with E-state index in [1.165, 1.54) is 6.92 Å². The van der Waals surface area contributed by atoms with Gasteiger partial charge < -0.3 is 14.2 Å². The minimum Gasteiger partial charge on any atom is -0.463 e. The Labute approximate surface area is 190 Å². The average molecular weight is 550 g/mol. The molecule has 0 aromatic heterocycles. The zero-order valence-corrected chi connectivity index (χ0v) is 19.2.